The van der Waals surface area contributed by atoms with Crippen LogP contribution in [0.3, 0.4) is 0 Å². The number of hydrogen-bond donors (Lipinski definition) is 2. The maximum absolute atomic E-state index is 12.3. The largest absolute Gasteiger partial charge is 0.354 e. The number of hydrogen-bond acceptors (Lipinski definition) is 2. The van der Waals surface area contributed by atoms with Gasteiger partial charge in [-0.05, 0) is 50.5 Å². The Labute approximate surface area is 145 Å². The number of carbonyl (C=O) groups is 2. The van der Waals surface area contributed by atoms with Crippen molar-refractivity contribution >= 4 is 34.9 Å². The van der Waals surface area contributed by atoms with Gasteiger partial charge in [-0.25, -0.2) is 0 Å². The summed E-state index contributed by atoms with van der Waals surface area (Å²) in [6.45, 7) is 5.49. The first-order chi connectivity index (χ1) is 10.8. The van der Waals surface area contributed by atoms with Crippen molar-refractivity contribution in [2.45, 2.75) is 27.2 Å². The lowest BCUT2D eigenvalue weighted by atomic mass is 10.1. The molecule has 2 rings (SSSR count). The topological polar surface area (TPSA) is 62.0 Å². The Hall–Kier alpha value is -1.78. The molecule has 2 aromatic rings. The molecular formula is C17H18Cl2N2O2. The first-order valence-corrected chi connectivity index (χ1v) is 7.99. The normalized spacial score (nSPS) is 10.7. The Kier molecular flexibility index (Phi) is 5.50. The molecule has 122 valence electrons. The molecule has 0 radical (unpaired) electrons. The molecule has 0 saturated carbocycles. The number of carbonyl (C=O) groups excluding carboxylic acids is 2. The molecule has 1 aromatic heterocycles. The van der Waals surface area contributed by atoms with E-state index in [1.165, 1.54) is 6.92 Å². The second kappa shape index (κ2) is 7.20. The molecule has 6 heteroatoms. The van der Waals surface area contributed by atoms with Crippen LogP contribution in [0.2, 0.25) is 10.0 Å². The first kappa shape index (κ1) is 17.6. The number of H-pyrrole nitrogens is 1. The van der Waals surface area contributed by atoms with Crippen LogP contribution in [0.1, 0.15) is 44.6 Å². The number of nitrogens with one attached hydrogen (secondary N) is 2. The fourth-order valence-corrected chi connectivity index (χ4v) is 3.13. The summed E-state index contributed by atoms with van der Waals surface area (Å²) in [6.07, 6.45) is 0.597. The lowest BCUT2D eigenvalue weighted by Gasteiger charge is -2.07. The van der Waals surface area contributed by atoms with E-state index in [0.29, 0.717) is 45.5 Å². The van der Waals surface area contributed by atoms with E-state index in [-0.39, 0.29) is 11.7 Å². The molecule has 1 aromatic carbocycles. The molecule has 0 spiro atoms. The number of aromatic nitrogens is 1. The van der Waals surface area contributed by atoms with Gasteiger partial charge in [-0.15, -0.1) is 0 Å². The highest BCUT2D eigenvalue weighted by molar-refractivity contribution is 6.35. The van der Waals surface area contributed by atoms with E-state index in [1.54, 1.807) is 26.0 Å². The number of ketones is 1. The first-order valence-electron chi connectivity index (χ1n) is 7.23. The molecule has 4 nitrogen and oxygen atoms in total. The smallest absolute Gasteiger partial charge is 0.268 e. The van der Waals surface area contributed by atoms with Crippen molar-refractivity contribution < 1.29 is 9.59 Å². The number of aromatic amines is 1. The molecule has 2 N–H and O–H groups in total. The molecule has 0 aliphatic heterocycles. The summed E-state index contributed by atoms with van der Waals surface area (Å²) in [6, 6.07) is 5.29. The highest BCUT2D eigenvalue weighted by atomic mass is 35.5. The highest BCUT2D eigenvalue weighted by Crippen LogP contribution is 2.21. The average molecular weight is 353 g/mol. The summed E-state index contributed by atoms with van der Waals surface area (Å²) >= 11 is 12.0. The quantitative estimate of drug-likeness (QED) is 0.795. The fourth-order valence-electron chi connectivity index (χ4n) is 2.63. The maximum Gasteiger partial charge on any atom is 0.268 e. The molecule has 0 unspecified atom stereocenters. The Bertz CT molecular complexity index is 766. The minimum Gasteiger partial charge on any atom is -0.354 e. The Balaban J connectivity index is 2.03. The summed E-state index contributed by atoms with van der Waals surface area (Å²) in [5, 5.41) is 4.00. The minimum absolute atomic E-state index is 0.0525. The summed E-state index contributed by atoms with van der Waals surface area (Å²) in [5.74, 6) is -0.286. The molecule has 0 saturated heterocycles. The molecule has 23 heavy (non-hydrogen) atoms. The predicted molar refractivity (Wildman–Crippen MR) is 92.8 cm³/mol. The van der Waals surface area contributed by atoms with Crippen molar-refractivity contribution in [3.05, 3.63) is 56.3 Å². The van der Waals surface area contributed by atoms with Gasteiger partial charge in [0.05, 0.1) is 0 Å². The van der Waals surface area contributed by atoms with Crippen molar-refractivity contribution in [3.8, 4) is 0 Å². The van der Waals surface area contributed by atoms with Gasteiger partial charge in [0.25, 0.3) is 5.91 Å². The van der Waals surface area contributed by atoms with Crippen LogP contribution >= 0.6 is 23.2 Å². The zero-order valence-corrected chi connectivity index (χ0v) is 14.7. The zero-order chi connectivity index (χ0) is 17.1. The van der Waals surface area contributed by atoms with E-state index in [1.807, 2.05) is 6.07 Å². The van der Waals surface area contributed by atoms with Gasteiger partial charge in [-0.1, -0.05) is 29.3 Å². The van der Waals surface area contributed by atoms with E-state index in [9.17, 15) is 9.59 Å². The average Bonchev–Trinajstić information content (AvgIpc) is 2.76. The number of halogens is 2. The van der Waals surface area contributed by atoms with Crippen molar-refractivity contribution in [2.24, 2.45) is 0 Å². The minimum atomic E-state index is -0.233. The number of rotatable bonds is 5. The van der Waals surface area contributed by atoms with Gasteiger partial charge < -0.3 is 10.3 Å². The monoisotopic (exact) mass is 352 g/mol. The number of amides is 1. The molecule has 0 atom stereocenters. The van der Waals surface area contributed by atoms with Crippen molar-refractivity contribution in [1.29, 1.82) is 0 Å². The maximum atomic E-state index is 12.3. The van der Waals surface area contributed by atoms with E-state index in [2.05, 4.69) is 10.3 Å². The van der Waals surface area contributed by atoms with E-state index in [4.69, 9.17) is 23.2 Å². The third-order valence-electron chi connectivity index (χ3n) is 3.71. The standard InChI is InChI=1S/C17H18Cl2N2O2/c1-9-15(11(3)22)10(2)21-16(9)17(23)20-7-6-12-4-5-13(18)8-14(12)19/h4-5,8,21H,6-7H2,1-3H3,(H,20,23). The Morgan fingerprint density at radius 1 is 1.22 bits per heavy atom. The van der Waals surface area contributed by atoms with Gasteiger partial charge in [0.2, 0.25) is 0 Å². The van der Waals surface area contributed by atoms with E-state index < -0.39 is 0 Å². The number of benzene rings is 1. The molecule has 1 heterocycles. The third-order valence-corrected chi connectivity index (χ3v) is 4.30. The molecule has 0 fully saturated rings. The van der Waals surface area contributed by atoms with Gasteiger partial charge in [-0.2, -0.15) is 0 Å². The number of Topliss-reactive ketones (excluding diaryl/α,β-unsaturated/α-hetero) is 1. The van der Waals surface area contributed by atoms with Gasteiger partial charge in [0.1, 0.15) is 5.69 Å². The van der Waals surface area contributed by atoms with Crippen LogP contribution in [0.5, 0.6) is 0 Å². The molecular weight excluding hydrogens is 335 g/mol. The molecule has 0 aliphatic carbocycles. The summed E-state index contributed by atoms with van der Waals surface area (Å²) in [5.41, 5.74) is 3.31. The lowest BCUT2D eigenvalue weighted by molar-refractivity contribution is 0.0949. The zero-order valence-electron chi connectivity index (χ0n) is 13.2. The van der Waals surface area contributed by atoms with E-state index in [0.717, 1.165) is 5.56 Å². The van der Waals surface area contributed by atoms with Crippen LogP contribution in [-0.4, -0.2) is 23.2 Å². The van der Waals surface area contributed by atoms with E-state index >= 15 is 0 Å². The summed E-state index contributed by atoms with van der Waals surface area (Å²) in [7, 11) is 0. The van der Waals surface area contributed by atoms with Crippen molar-refractivity contribution in [1.82, 2.24) is 10.3 Å². The van der Waals surface area contributed by atoms with Crippen molar-refractivity contribution in [3.63, 3.8) is 0 Å². The van der Waals surface area contributed by atoms with Crippen LogP contribution in [0, 0.1) is 13.8 Å². The lowest BCUT2D eigenvalue weighted by Crippen LogP contribution is -2.26. The SMILES string of the molecule is CC(=O)c1c(C)[nH]c(C(=O)NCCc2ccc(Cl)cc2Cl)c1C. The summed E-state index contributed by atoms with van der Waals surface area (Å²) < 4.78 is 0. The Morgan fingerprint density at radius 2 is 1.91 bits per heavy atom. The molecule has 0 bridgehead atoms. The van der Waals surface area contributed by atoms with Crippen LogP contribution in [0.15, 0.2) is 18.2 Å². The molecule has 0 aliphatic rings. The second-order valence-corrected chi connectivity index (χ2v) is 6.27. The summed E-state index contributed by atoms with van der Waals surface area (Å²) in [4.78, 5) is 26.9. The molecule has 1 amide bonds. The van der Waals surface area contributed by atoms with Gasteiger partial charge >= 0.3 is 0 Å². The van der Waals surface area contributed by atoms with Crippen LogP contribution in [0.4, 0.5) is 0 Å². The Morgan fingerprint density at radius 3 is 2.48 bits per heavy atom. The van der Waals surface area contributed by atoms with Crippen LogP contribution < -0.4 is 5.32 Å². The van der Waals surface area contributed by atoms with Gasteiger partial charge in [0.15, 0.2) is 5.78 Å². The second-order valence-electron chi connectivity index (χ2n) is 5.42. The van der Waals surface area contributed by atoms with Gasteiger partial charge in [0, 0.05) is 27.8 Å². The predicted octanol–water partition coefficient (Wildman–Crippen LogP) is 4.11. The van der Waals surface area contributed by atoms with Gasteiger partial charge in [-0.3, -0.25) is 9.59 Å². The van der Waals surface area contributed by atoms with Crippen LogP contribution in [-0.2, 0) is 6.42 Å². The highest BCUT2D eigenvalue weighted by Gasteiger charge is 2.19. The third kappa shape index (κ3) is 3.95. The fraction of sp³-hybridized carbons (Fsp3) is 0.294. The number of aryl methyl sites for hydroxylation is 1. The van der Waals surface area contributed by atoms with Crippen molar-refractivity contribution in [2.75, 3.05) is 6.54 Å². The van der Waals surface area contributed by atoms with Crippen LogP contribution in [0.25, 0.3) is 0 Å².